The molecule has 0 aliphatic rings. The minimum atomic E-state index is -0.157. The summed E-state index contributed by atoms with van der Waals surface area (Å²) in [5, 5.41) is 3.71. The smallest absolute Gasteiger partial charge is 0.272 e. The molecule has 0 spiro atoms. The first-order chi connectivity index (χ1) is 11.6. The normalized spacial score (nSPS) is 12.6. The molecule has 0 aliphatic heterocycles. The summed E-state index contributed by atoms with van der Waals surface area (Å²) in [6.07, 6.45) is 5.26. The van der Waals surface area contributed by atoms with E-state index >= 15 is 0 Å². The van der Waals surface area contributed by atoms with Gasteiger partial charge in [0.25, 0.3) is 5.56 Å². The van der Waals surface area contributed by atoms with E-state index in [-0.39, 0.29) is 11.6 Å². The van der Waals surface area contributed by atoms with Gasteiger partial charge in [0.15, 0.2) is 5.65 Å². The SMILES string of the molecule is CC(c1cc(=O)n2[nH]c(-c3cccc(Cl)c3)cc2n1)n1ccnc1. The predicted molar refractivity (Wildman–Crippen MR) is 92.3 cm³/mol. The van der Waals surface area contributed by atoms with Crippen LogP contribution in [0.5, 0.6) is 0 Å². The Morgan fingerprint density at radius 1 is 1.25 bits per heavy atom. The Balaban J connectivity index is 1.83. The van der Waals surface area contributed by atoms with Crippen LogP contribution in [0.2, 0.25) is 5.02 Å². The molecule has 6 nitrogen and oxygen atoms in total. The molecule has 4 aromatic rings. The third-order valence-electron chi connectivity index (χ3n) is 4.01. The highest BCUT2D eigenvalue weighted by Crippen LogP contribution is 2.22. The van der Waals surface area contributed by atoms with Crippen molar-refractivity contribution < 1.29 is 0 Å². The van der Waals surface area contributed by atoms with Crippen molar-refractivity contribution in [1.82, 2.24) is 24.1 Å². The van der Waals surface area contributed by atoms with Crippen LogP contribution >= 0.6 is 11.6 Å². The molecular formula is C17H14ClN5O. The van der Waals surface area contributed by atoms with Gasteiger partial charge in [0, 0.05) is 35.1 Å². The fourth-order valence-corrected chi connectivity index (χ4v) is 2.87. The molecule has 4 rings (SSSR count). The van der Waals surface area contributed by atoms with Crippen LogP contribution in [-0.2, 0) is 0 Å². The highest BCUT2D eigenvalue weighted by molar-refractivity contribution is 6.30. The molecule has 0 radical (unpaired) electrons. The molecule has 7 heteroatoms. The lowest BCUT2D eigenvalue weighted by molar-refractivity contribution is 0.617. The van der Waals surface area contributed by atoms with E-state index in [1.165, 1.54) is 10.6 Å². The summed E-state index contributed by atoms with van der Waals surface area (Å²) in [7, 11) is 0. The molecule has 1 N–H and O–H groups in total. The molecule has 0 saturated carbocycles. The Bertz CT molecular complexity index is 1060. The van der Waals surface area contributed by atoms with Crippen molar-refractivity contribution in [2.75, 3.05) is 0 Å². The van der Waals surface area contributed by atoms with E-state index in [4.69, 9.17) is 11.6 Å². The highest BCUT2D eigenvalue weighted by Gasteiger charge is 2.13. The molecule has 1 unspecified atom stereocenters. The van der Waals surface area contributed by atoms with E-state index in [9.17, 15) is 4.79 Å². The summed E-state index contributed by atoms with van der Waals surface area (Å²) in [6, 6.07) is 10.8. The van der Waals surface area contributed by atoms with Gasteiger partial charge in [-0.3, -0.25) is 9.89 Å². The predicted octanol–water partition coefficient (Wildman–Crippen LogP) is 3.15. The van der Waals surface area contributed by atoms with Gasteiger partial charge in [-0.1, -0.05) is 23.7 Å². The largest absolute Gasteiger partial charge is 0.329 e. The van der Waals surface area contributed by atoms with E-state index in [1.54, 1.807) is 12.5 Å². The lowest BCUT2D eigenvalue weighted by Gasteiger charge is -2.11. The first-order valence-corrected chi connectivity index (χ1v) is 7.86. The molecule has 3 heterocycles. The molecule has 1 atom stereocenters. The Morgan fingerprint density at radius 3 is 2.88 bits per heavy atom. The molecular weight excluding hydrogens is 326 g/mol. The second-order valence-corrected chi connectivity index (χ2v) is 6.02. The van der Waals surface area contributed by atoms with Crippen molar-refractivity contribution in [2.24, 2.45) is 0 Å². The maximum Gasteiger partial charge on any atom is 0.272 e. The van der Waals surface area contributed by atoms with Gasteiger partial charge < -0.3 is 4.57 Å². The van der Waals surface area contributed by atoms with E-state index in [0.717, 1.165) is 11.3 Å². The molecule has 24 heavy (non-hydrogen) atoms. The lowest BCUT2D eigenvalue weighted by Crippen LogP contribution is -2.18. The van der Waals surface area contributed by atoms with Gasteiger partial charge >= 0.3 is 0 Å². The monoisotopic (exact) mass is 339 g/mol. The minimum Gasteiger partial charge on any atom is -0.329 e. The number of benzene rings is 1. The lowest BCUT2D eigenvalue weighted by atomic mass is 10.1. The fraction of sp³-hybridized carbons (Fsp3) is 0.118. The number of nitrogens with one attached hydrogen (secondary N) is 1. The van der Waals surface area contributed by atoms with Crippen molar-refractivity contribution in [3.63, 3.8) is 0 Å². The quantitative estimate of drug-likeness (QED) is 0.623. The van der Waals surface area contributed by atoms with Gasteiger partial charge in [-0.2, -0.15) is 0 Å². The maximum atomic E-state index is 12.4. The number of hydrogen-bond donors (Lipinski definition) is 1. The standard InChI is InChI=1S/C17H14ClN5O/c1-11(22-6-5-19-10-22)14-9-17(24)23-16(20-14)8-15(21-23)12-3-2-4-13(18)7-12/h2-11,21H,1H3. The number of halogens is 1. The molecule has 0 aliphatic carbocycles. The third-order valence-corrected chi connectivity index (χ3v) is 4.24. The second kappa shape index (κ2) is 5.65. The van der Waals surface area contributed by atoms with Gasteiger partial charge in [0.2, 0.25) is 0 Å². The molecule has 1 aromatic carbocycles. The summed E-state index contributed by atoms with van der Waals surface area (Å²) < 4.78 is 3.34. The Hall–Kier alpha value is -2.86. The average molecular weight is 340 g/mol. The molecule has 0 bridgehead atoms. The Labute approximate surface area is 142 Å². The van der Waals surface area contributed by atoms with Gasteiger partial charge in [0.05, 0.1) is 23.8 Å². The molecule has 0 fully saturated rings. The molecule has 3 aromatic heterocycles. The number of imidazole rings is 1. The van der Waals surface area contributed by atoms with Crippen LogP contribution in [-0.4, -0.2) is 24.1 Å². The van der Waals surface area contributed by atoms with Gasteiger partial charge in [-0.25, -0.2) is 14.5 Å². The van der Waals surface area contributed by atoms with Crippen LogP contribution in [0, 0.1) is 0 Å². The average Bonchev–Trinajstić information content (AvgIpc) is 3.24. The summed E-state index contributed by atoms with van der Waals surface area (Å²) in [5.74, 6) is 0. The number of nitrogens with zero attached hydrogens (tertiary/aromatic N) is 4. The van der Waals surface area contributed by atoms with E-state index in [2.05, 4.69) is 15.1 Å². The van der Waals surface area contributed by atoms with Crippen LogP contribution in [0.3, 0.4) is 0 Å². The second-order valence-electron chi connectivity index (χ2n) is 5.58. The number of rotatable bonds is 3. The zero-order chi connectivity index (χ0) is 16.7. The van der Waals surface area contributed by atoms with Crippen LogP contribution in [0.25, 0.3) is 16.9 Å². The van der Waals surface area contributed by atoms with Gasteiger partial charge in [-0.05, 0) is 19.1 Å². The number of hydrogen-bond acceptors (Lipinski definition) is 3. The molecule has 120 valence electrons. The van der Waals surface area contributed by atoms with Crippen molar-refractivity contribution in [1.29, 1.82) is 0 Å². The summed E-state index contributed by atoms with van der Waals surface area (Å²) in [5.41, 5.74) is 2.79. The summed E-state index contributed by atoms with van der Waals surface area (Å²) in [6.45, 7) is 1.98. The fourth-order valence-electron chi connectivity index (χ4n) is 2.68. The first-order valence-electron chi connectivity index (χ1n) is 7.48. The van der Waals surface area contributed by atoms with Crippen molar-refractivity contribution >= 4 is 17.2 Å². The highest BCUT2D eigenvalue weighted by atomic mass is 35.5. The van der Waals surface area contributed by atoms with E-state index < -0.39 is 0 Å². The topological polar surface area (TPSA) is 68.0 Å². The van der Waals surface area contributed by atoms with Crippen LogP contribution in [0.15, 0.2) is 59.9 Å². The van der Waals surface area contributed by atoms with Crippen molar-refractivity contribution in [3.05, 3.63) is 76.2 Å². The van der Waals surface area contributed by atoms with E-state index in [1.807, 2.05) is 48.0 Å². The number of aromatic nitrogens is 5. The number of H-pyrrole nitrogens is 1. The zero-order valence-electron chi connectivity index (χ0n) is 12.8. The van der Waals surface area contributed by atoms with Crippen LogP contribution in [0.1, 0.15) is 18.7 Å². The number of aromatic amines is 1. The maximum absolute atomic E-state index is 12.4. The zero-order valence-corrected chi connectivity index (χ0v) is 13.6. The van der Waals surface area contributed by atoms with Crippen molar-refractivity contribution in [2.45, 2.75) is 13.0 Å². The van der Waals surface area contributed by atoms with Crippen molar-refractivity contribution in [3.8, 4) is 11.3 Å². The summed E-state index contributed by atoms with van der Waals surface area (Å²) >= 11 is 6.04. The molecule has 0 amide bonds. The third kappa shape index (κ3) is 2.51. The molecule has 0 saturated heterocycles. The van der Waals surface area contributed by atoms with Gasteiger partial charge in [0.1, 0.15) is 0 Å². The van der Waals surface area contributed by atoms with Gasteiger partial charge in [-0.15, -0.1) is 0 Å². The minimum absolute atomic E-state index is 0.0743. The van der Waals surface area contributed by atoms with Crippen LogP contribution in [0.4, 0.5) is 0 Å². The number of fused-ring (bicyclic) bond motifs is 1. The Kier molecular flexibility index (Phi) is 3.46. The Morgan fingerprint density at radius 2 is 2.12 bits per heavy atom. The first kappa shape index (κ1) is 14.7. The van der Waals surface area contributed by atoms with Crippen LogP contribution < -0.4 is 5.56 Å². The van der Waals surface area contributed by atoms with E-state index in [0.29, 0.717) is 16.4 Å². The summed E-state index contributed by atoms with van der Waals surface area (Å²) in [4.78, 5) is 21.1.